The number of hydrogen-bond acceptors (Lipinski definition) is 4. The molecule has 0 aromatic carbocycles. The van der Waals surface area contributed by atoms with Gasteiger partial charge < -0.3 is 19.3 Å². The summed E-state index contributed by atoms with van der Waals surface area (Å²) in [4.78, 5) is 0. The minimum Gasteiger partial charge on any atom is -0.390 e. The summed E-state index contributed by atoms with van der Waals surface area (Å²) in [5.74, 6) is 0. The zero-order valence-corrected chi connectivity index (χ0v) is 6.82. The van der Waals surface area contributed by atoms with Gasteiger partial charge in [0.25, 0.3) is 0 Å². The Bertz CT molecular complexity index is 117. The van der Waals surface area contributed by atoms with Crippen LogP contribution in [0.15, 0.2) is 0 Å². The molecule has 3 unspecified atom stereocenters. The highest BCUT2D eigenvalue weighted by atomic mass is 16.7. The van der Waals surface area contributed by atoms with Crippen molar-refractivity contribution in [1.29, 1.82) is 0 Å². The summed E-state index contributed by atoms with van der Waals surface area (Å²) in [5.41, 5.74) is 0. The average Bonchev–Trinajstić information content (AvgIpc) is 2.04. The van der Waals surface area contributed by atoms with E-state index in [1.54, 1.807) is 14.2 Å². The first-order valence-corrected chi connectivity index (χ1v) is 3.63. The van der Waals surface area contributed by atoms with Crippen molar-refractivity contribution < 1.29 is 19.3 Å². The molecule has 0 amide bonds. The fourth-order valence-corrected chi connectivity index (χ4v) is 1.12. The van der Waals surface area contributed by atoms with E-state index in [0.717, 1.165) is 0 Å². The largest absolute Gasteiger partial charge is 0.390 e. The molecule has 0 spiro atoms. The lowest BCUT2D eigenvalue weighted by atomic mass is 10.1. The molecule has 4 heteroatoms. The molecular weight excluding hydrogens is 148 g/mol. The first kappa shape index (κ1) is 8.93. The Labute approximate surface area is 66.1 Å². The predicted molar refractivity (Wildman–Crippen MR) is 38.2 cm³/mol. The van der Waals surface area contributed by atoms with E-state index >= 15 is 0 Å². The summed E-state index contributed by atoms with van der Waals surface area (Å²) in [6.07, 6.45) is -0.480. The lowest BCUT2D eigenvalue weighted by Crippen LogP contribution is -2.42. The highest BCUT2D eigenvalue weighted by Gasteiger charge is 2.29. The fraction of sp³-hybridized carbons (Fsp3) is 1.00. The van der Waals surface area contributed by atoms with Gasteiger partial charge in [-0.15, -0.1) is 0 Å². The summed E-state index contributed by atoms with van der Waals surface area (Å²) in [5, 5.41) is 9.39. The van der Waals surface area contributed by atoms with Crippen molar-refractivity contribution in [3.8, 4) is 0 Å². The van der Waals surface area contributed by atoms with Crippen LogP contribution < -0.4 is 0 Å². The second-order valence-corrected chi connectivity index (χ2v) is 2.58. The molecule has 0 aliphatic carbocycles. The van der Waals surface area contributed by atoms with E-state index in [0.29, 0.717) is 13.0 Å². The van der Waals surface area contributed by atoms with Gasteiger partial charge in [-0.05, 0) is 0 Å². The van der Waals surface area contributed by atoms with Gasteiger partial charge >= 0.3 is 0 Å². The van der Waals surface area contributed by atoms with Crippen LogP contribution in [-0.4, -0.2) is 44.4 Å². The second kappa shape index (κ2) is 4.01. The SMILES string of the molecule is COC1CC(O)C(OC)CO1. The van der Waals surface area contributed by atoms with Crippen LogP contribution in [0.3, 0.4) is 0 Å². The standard InChI is InChI=1S/C7H14O4/c1-9-6-4-11-7(10-2)3-5(6)8/h5-8H,3-4H2,1-2H3. The highest BCUT2D eigenvalue weighted by molar-refractivity contribution is 4.74. The Balaban J connectivity index is 2.34. The number of rotatable bonds is 2. The van der Waals surface area contributed by atoms with Gasteiger partial charge in [0.15, 0.2) is 6.29 Å². The van der Waals surface area contributed by atoms with E-state index in [-0.39, 0.29) is 12.4 Å². The number of aliphatic hydroxyl groups excluding tert-OH is 1. The lowest BCUT2D eigenvalue weighted by molar-refractivity contribution is -0.211. The molecule has 1 heterocycles. The van der Waals surface area contributed by atoms with Crippen molar-refractivity contribution >= 4 is 0 Å². The van der Waals surface area contributed by atoms with E-state index in [4.69, 9.17) is 14.2 Å². The van der Waals surface area contributed by atoms with Gasteiger partial charge in [-0.25, -0.2) is 0 Å². The van der Waals surface area contributed by atoms with Crippen LogP contribution in [0.25, 0.3) is 0 Å². The second-order valence-electron chi connectivity index (χ2n) is 2.58. The molecule has 1 fully saturated rings. The lowest BCUT2D eigenvalue weighted by Gasteiger charge is -2.31. The Morgan fingerprint density at radius 2 is 2.09 bits per heavy atom. The zero-order chi connectivity index (χ0) is 8.27. The number of methoxy groups -OCH3 is 2. The van der Waals surface area contributed by atoms with Crippen LogP contribution in [0.5, 0.6) is 0 Å². The molecule has 11 heavy (non-hydrogen) atoms. The predicted octanol–water partition coefficient (Wildman–Crippen LogP) is -0.245. The molecule has 0 bridgehead atoms. The van der Waals surface area contributed by atoms with Crippen LogP contribution in [0.2, 0.25) is 0 Å². The van der Waals surface area contributed by atoms with E-state index in [2.05, 4.69) is 0 Å². The van der Waals surface area contributed by atoms with Gasteiger partial charge in [0.1, 0.15) is 6.10 Å². The van der Waals surface area contributed by atoms with Gasteiger partial charge in [-0.3, -0.25) is 0 Å². The van der Waals surface area contributed by atoms with Gasteiger partial charge in [-0.2, -0.15) is 0 Å². The minimum atomic E-state index is -0.473. The third kappa shape index (κ3) is 2.13. The summed E-state index contributed by atoms with van der Waals surface area (Å²) < 4.78 is 15.1. The zero-order valence-electron chi connectivity index (χ0n) is 6.82. The maximum atomic E-state index is 9.39. The average molecular weight is 162 g/mol. The van der Waals surface area contributed by atoms with Crippen molar-refractivity contribution in [2.24, 2.45) is 0 Å². The summed E-state index contributed by atoms with van der Waals surface area (Å²) in [6, 6.07) is 0. The molecule has 1 aliphatic rings. The van der Waals surface area contributed by atoms with Crippen LogP contribution in [0, 0.1) is 0 Å². The molecule has 3 atom stereocenters. The first-order chi connectivity index (χ1) is 5.27. The van der Waals surface area contributed by atoms with Crippen LogP contribution >= 0.6 is 0 Å². The molecular formula is C7H14O4. The molecule has 0 aromatic heterocycles. The Hall–Kier alpha value is -0.160. The Kier molecular flexibility index (Phi) is 3.26. The normalized spacial score (nSPS) is 39.0. The Morgan fingerprint density at radius 3 is 2.55 bits per heavy atom. The molecule has 66 valence electrons. The van der Waals surface area contributed by atoms with Crippen molar-refractivity contribution in [2.45, 2.75) is 24.9 Å². The van der Waals surface area contributed by atoms with E-state index < -0.39 is 6.10 Å². The summed E-state index contributed by atoms with van der Waals surface area (Å²) >= 11 is 0. The van der Waals surface area contributed by atoms with Crippen molar-refractivity contribution in [3.05, 3.63) is 0 Å². The highest BCUT2D eigenvalue weighted by Crippen LogP contribution is 2.16. The van der Waals surface area contributed by atoms with Crippen LogP contribution in [-0.2, 0) is 14.2 Å². The maximum absolute atomic E-state index is 9.39. The van der Waals surface area contributed by atoms with Gasteiger partial charge in [0.05, 0.1) is 12.7 Å². The molecule has 1 rings (SSSR count). The third-order valence-corrected chi connectivity index (χ3v) is 1.88. The quantitative estimate of drug-likeness (QED) is 0.608. The third-order valence-electron chi connectivity index (χ3n) is 1.88. The minimum absolute atomic E-state index is 0.207. The van der Waals surface area contributed by atoms with E-state index in [9.17, 15) is 5.11 Å². The summed E-state index contributed by atoms with van der Waals surface area (Å²) in [7, 11) is 3.12. The summed E-state index contributed by atoms with van der Waals surface area (Å²) in [6.45, 7) is 0.399. The number of hydrogen-bond donors (Lipinski definition) is 1. The van der Waals surface area contributed by atoms with Crippen molar-refractivity contribution in [1.82, 2.24) is 0 Å². The fourth-order valence-electron chi connectivity index (χ4n) is 1.12. The monoisotopic (exact) mass is 162 g/mol. The van der Waals surface area contributed by atoms with Crippen LogP contribution in [0.4, 0.5) is 0 Å². The molecule has 4 nitrogen and oxygen atoms in total. The van der Waals surface area contributed by atoms with Gasteiger partial charge in [0.2, 0.25) is 0 Å². The molecule has 1 aliphatic heterocycles. The molecule has 0 radical (unpaired) electrons. The first-order valence-electron chi connectivity index (χ1n) is 3.63. The van der Waals surface area contributed by atoms with E-state index in [1.807, 2.05) is 0 Å². The van der Waals surface area contributed by atoms with Gasteiger partial charge in [0, 0.05) is 20.6 Å². The van der Waals surface area contributed by atoms with E-state index in [1.165, 1.54) is 0 Å². The van der Waals surface area contributed by atoms with Crippen LogP contribution in [0.1, 0.15) is 6.42 Å². The number of ether oxygens (including phenoxy) is 3. The smallest absolute Gasteiger partial charge is 0.159 e. The molecule has 1 N–H and O–H groups in total. The molecule has 0 saturated carbocycles. The van der Waals surface area contributed by atoms with Crippen molar-refractivity contribution in [2.75, 3.05) is 20.8 Å². The number of aliphatic hydroxyl groups is 1. The maximum Gasteiger partial charge on any atom is 0.159 e. The Morgan fingerprint density at radius 1 is 1.36 bits per heavy atom. The van der Waals surface area contributed by atoms with Crippen molar-refractivity contribution in [3.63, 3.8) is 0 Å². The topological polar surface area (TPSA) is 47.9 Å². The molecule has 0 aromatic rings. The molecule has 1 saturated heterocycles. The van der Waals surface area contributed by atoms with Gasteiger partial charge in [-0.1, -0.05) is 0 Å².